The molecule has 3 rings (SSSR count). The summed E-state index contributed by atoms with van der Waals surface area (Å²) in [6, 6.07) is 15.4. The Bertz CT molecular complexity index is 910. The van der Waals surface area contributed by atoms with Crippen LogP contribution in [0.4, 0.5) is 0 Å². The third-order valence-corrected chi connectivity index (χ3v) is 4.22. The van der Waals surface area contributed by atoms with Gasteiger partial charge in [0, 0.05) is 28.9 Å². The molecule has 0 amide bonds. The Labute approximate surface area is 151 Å². The van der Waals surface area contributed by atoms with Gasteiger partial charge in [-0.1, -0.05) is 48.0 Å². The number of halogens is 1. The molecule has 25 heavy (non-hydrogen) atoms. The number of imidazole rings is 1. The number of carboxylic acid groups (broad SMARTS) is 1. The van der Waals surface area contributed by atoms with Gasteiger partial charge in [-0.2, -0.15) is 0 Å². The molecule has 0 spiro atoms. The molecule has 0 radical (unpaired) electrons. The van der Waals surface area contributed by atoms with E-state index in [1.807, 2.05) is 61.8 Å². The highest BCUT2D eigenvalue weighted by Crippen LogP contribution is 2.24. The minimum absolute atomic E-state index is 0.704. The molecule has 0 saturated carbocycles. The van der Waals surface area contributed by atoms with E-state index in [-0.39, 0.29) is 0 Å². The van der Waals surface area contributed by atoms with Crippen LogP contribution in [-0.2, 0) is 11.3 Å². The fourth-order valence-corrected chi connectivity index (χ4v) is 2.72. The van der Waals surface area contributed by atoms with Gasteiger partial charge in [0.2, 0.25) is 0 Å². The van der Waals surface area contributed by atoms with Gasteiger partial charge >= 0.3 is 5.97 Å². The van der Waals surface area contributed by atoms with Crippen LogP contribution in [0.15, 0.2) is 60.9 Å². The van der Waals surface area contributed by atoms with E-state index in [0.717, 1.165) is 34.2 Å². The molecule has 4 nitrogen and oxygen atoms in total. The van der Waals surface area contributed by atoms with Gasteiger partial charge in [-0.15, -0.1) is 0 Å². The smallest absolute Gasteiger partial charge is 0.328 e. The van der Waals surface area contributed by atoms with Gasteiger partial charge in [-0.25, -0.2) is 9.78 Å². The lowest BCUT2D eigenvalue weighted by molar-refractivity contribution is -0.131. The minimum Gasteiger partial charge on any atom is -0.478 e. The van der Waals surface area contributed by atoms with Crippen LogP contribution in [0.3, 0.4) is 0 Å². The van der Waals surface area contributed by atoms with Crippen LogP contribution >= 0.6 is 11.6 Å². The highest BCUT2D eigenvalue weighted by Gasteiger charge is 2.09. The van der Waals surface area contributed by atoms with Crippen molar-refractivity contribution in [3.63, 3.8) is 0 Å². The zero-order valence-electron chi connectivity index (χ0n) is 13.7. The Morgan fingerprint density at radius 1 is 1.16 bits per heavy atom. The number of hydrogen-bond donors (Lipinski definition) is 1. The van der Waals surface area contributed by atoms with Crippen LogP contribution in [0.1, 0.15) is 16.8 Å². The van der Waals surface area contributed by atoms with Gasteiger partial charge in [0.05, 0.1) is 12.0 Å². The monoisotopic (exact) mass is 352 g/mol. The van der Waals surface area contributed by atoms with E-state index in [0.29, 0.717) is 11.6 Å². The lowest BCUT2D eigenvalue weighted by Crippen LogP contribution is -2.00. The largest absolute Gasteiger partial charge is 0.478 e. The third-order valence-electron chi connectivity index (χ3n) is 3.97. The van der Waals surface area contributed by atoms with Crippen LogP contribution < -0.4 is 0 Å². The first-order valence-electron chi connectivity index (χ1n) is 7.80. The Morgan fingerprint density at radius 2 is 1.84 bits per heavy atom. The predicted octanol–water partition coefficient (Wildman–Crippen LogP) is 4.66. The van der Waals surface area contributed by atoms with E-state index in [9.17, 15) is 4.79 Å². The van der Waals surface area contributed by atoms with Crippen molar-refractivity contribution in [2.45, 2.75) is 13.5 Å². The third kappa shape index (κ3) is 4.17. The van der Waals surface area contributed by atoms with Crippen molar-refractivity contribution in [2.24, 2.45) is 0 Å². The highest BCUT2D eigenvalue weighted by molar-refractivity contribution is 6.30. The number of hydrogen-bond acceptors (Lipinski definition) is 2. The maximum absolute atomic E-state index is 10.6. The van der Waals surface area contributed by atoms with Crippen LogP contribution in [0, 0.1) is 6.92 Å². The molecule has 1 N–H and O–H groups in total. The Balaban J connectivity index is 1.77. The zero-order valence-corrected chi connectivity index (χ0v) is 14.4. The molecule has 3 aromatic rings. The molecule has 0 fully saturated rings. The average Bonchev–Trinajstić information content (AvgIpc) is 2.96. The van der Waals surface area contributed by atoms with Gasteiger partial charge in [0.25, 0.3) is 0 Å². The number of benzene rings is 2. The number of carbonyl (C=O) groups is 1. The average molecular weight is 353 g/mol. The van der Waals surface area contributed by atoms with Crippen molar-refractivity contribution in [3.05, 3.63) is 82.8 Å². The first-order valence-corrected chi connectivity index (χ1v) is 8.18. The van der Waals surface area contributed by atoms with Crippen LogP contribution in [0.2, 0.25) is 5.02 Å². The fourth-order valence-electron chi connectivity index (χ4n) is 2.59. The number of carboxylic acids is 1. The SMILES string of the molecule is Cc1c(-c2ccc(Cl)cc2)ncn1Cc1ccc(/C=C/C(=O)O)cc1. The molecule has 0 atom stereocenters. The number of rotatable bonds is 5. The zero-order chi connectivity index (χ0) is 17.8. The molecule has 0 aliphatic rings. The van der Waals surface area contributed by atoms with Crippen molar-refractivity contribution in [1.29, 1.82) is 0 Å². The molecule has 0 bridgehead atoms. The summed E-state index contributed by atoms with van der Waals surface area (Å²) in [5.74, 6) is -0.951. The topological polar surface area (TPSA) is 55.1 Å². The first kappa shape index (κ1) is 17.0. The van der Waals surface area contributed by atoms with E-state index >= 15 is 0 Å². The number of nitrogens with zero attached hydrogens (tertiary/aromatic N) is 2. The lowest BCUT2D eigenvalue weighted by atomic mass is 10.1. The van der Waals surface area contributed by atoms with Crippen molar-refractivity contribution in [3.8, 4) is 11.3 Å². The van der Waals surface area contributed by atoms with Gasteiger partial charge in [-0.05, 0) is 36.3 Å². The second kappa shape index (κ2) is 7.36. The molecular formula is C20H17ClN2O2. The molecule has 1 heterocycles. The molecule has 5 heteroatoms. The maximum Gasteiger partial charge on any atom is 0.328 e. The number of aromatic nitrogens is 2. The maximum atomic E-state index is 10.6. The molecular weight excluding hydrogens is 336 g/mol. The summed E-state index contributed by atoms with van der Waals surface area (Å²) in [6.45, 7) is 2.75. The Morgan fingerprint density at radius 3 is 2.48 bits per heavy atom. The van der Waals surface area contributed by atoms with E-state index < -0.39 is 5.97 Å². The highest BCUT2D eigenvalue weighted by atomic mass is 35.5. The quantitative estimate of drug-likeness (QED) is 0.679. The van der Waals surface area contributed by atoms with E-state index in [2.05, 4.69) is 9.55 Å². The lowest BCUT2D eigenvalue weighted by Gasteiger charge is -2.07. The second-order valence-electron chi connectivity index (χ2n) is 5.73. The fraction of sp³-hybridized carbons (Fsp3) is 0.100. The molecule has 0 aliphatic heterocycles. The summed E-state index contributed by atoms with van der Waals surface area (Å²) >= 11 is 5.94. The summed E-state index contributed by atoms with van der Waals surface area (Å²) in [5.41, 5.74) is 5.04. The standard InChI is InChI=1S/C20H17ClN2O2/c1-14-20(17-7-9-18(21)10-8-17)22-13-23(14)12-16-4-2-15(3-5-16)6-11-19(24)25/h2-11,13H,12H2,1H3,(H,24,25)/b11-6+. The minimum atomic E-state index is -0.951. The first-order chi connectivity index (χ1) is 12.0. The molecule has 126 valence electrons. The van der Waals surface area contributed by atoms with Crippen molar-refractivity contribution in [1.82, 2.24) is 9.55 Å². The predicted molar refractivity (Wildman–Crippen MR) is 99.6 cm³/mol. The van der Waals surface area contributed by atoms with E-state index in [4.69, 9.17) is 16.7 Å². The van der Waals surface area contributed by atoms with Crippen LogP contribution in [0.5, 0.6) is 0 Å². The van der Waals surface area contributed by atoms with Gasteiger partial charge in [0.15, 0.2) is 0 Å². The molecule has 1 aromatic heterocycles. The molecule has 0 unspecified atom stereocenters. The van der Waals surface area contributed by atoms with Crippen molar-refractivity contribution < 1.29 is 9.90 Å². The summed E-state index contributed by atoms with van der Waals surface area (Å²) in [4.78, 5) is 15.1. The summed E-state index contributed by atoms with van der Waals surface area (Å²) in [6.07, 6.45) is 4.54. The van der Waals surface area contributed by atoms with Crippen molar-refractivity contribution in [2.75, 3.05) is 0 Å². The Hall–Kier alpha value is -2.85. The Kier molecular flexibility index (Phi) is 5.00. The van der Waals surface area contributed by atoms with E-state index in [1.165, 1.54) is 0 Å². The van der Waals surface area contributed by atoms with Gasteiger partial charge in [0.1, 0.15) is 0 Å². The van der Waals surface area contributed by atoms with Gasteiger partial charge < -0.3 is 9.67 Å². The van der Waals surface area contributed by atoms with Crippen LogP contribution in [0.25, 0.3) is 17.3 Å². The summed E-state index contributed by atoms with van der Waals surface area (Å²) in [5, 5.41) is 9.37. The van der Waals surface area contributed by atoms with Gasteiger partial charge in [-0.3, -0.25) is 0 Å². The summed E-state index contributed by atoms with van der Waals surface area (Å²) < 4.78 is 2.09. The number of aliphatic carboxylic acids is 1. The molecule has 0 saturated heterocycles. The molecule has 2 aromatic carbocycles. The van der Waals surface area contributed by atoms with Crippen molar-refractivity contribution >= 4 is 23.6 Å². The second-order valence-corrected chi connectivity index (χ2v) is 6.16. The molecule has 0 aliphatic carbocycles. The van der Waals surface area contributed by atoms with Crippen LogP contribution in [-0.4, -0.2) is 20.6 Å². The van der Waals surface area contributed by atoms with E-state index in [1.54, 1.807) is 6.08 Å². The normalized spacial score (nSPS) is 11.1. The summed E-state index contributed by atoms with van der Waals surface area (Å²) in [7, 11) is 0.